The molecule has 1 saturated carbocycles. The van der Waals surface area contributed by atoms with Gasteiger partial charge in [-0.05, 0) is 51.4 Å². The minimum Gasteiger partial charge on any atom is -0.463 e. The highest BCUT2D eigenvalue weighted by Crippen LogP contribution is 2.50. The van der Waals surface area contributed by atoms with Crippen LogP contribution in [0.4, 0.5) is 0 Å². The number of aliphatic hydroxyl groups excluding tert-OH is 2. The second kappa shape index (κ2) is 20.0. The number of aliphatic hydroxyl groups is 2. The number of carbonyl (C=O) groups is 6. The van der Waals surface area contributed by atoms with E-state index in [4.69, 9.17) is 23.7 Å². The van der Waals surface area contributed by atoms with Gasteiger partial charge in [-0.1, -0.05) is 6.42 Å². The maximum Gasteiger partial charge on any atom is 0.303 e. The Bertz CT molecular complexity index is 1190. The molecular weight excluding hydrogens is 670 g/mol. The predicted molar refractivity (Wildman–Crippen MR) is 179 cm³/mol. The van der Waals surface area contributed by atoms with E-state index in [9.17, 15) is 39.0 Å². The number of esters is 3. The van der Waals surface area contributed by atoms with Gasteiger partial charge in [0.25, 0.3) is 0 Å². The molecule has 290 valence electrons. The van der Waals surface area contributed by atoms with Gasteiger partial charge >= 0.3 is 17.9 Å². The molecule has 0 radical (unpaired) electrons. The van der Waals surface area contributed by atoms with Gasteiger partial charge in [-0.3, -0.25) is 28.8 Å². The molecule has 16 heteroatoms. The summed E-state index contributed by atoms with van der Waals surface area (Å²) in [6.07, 6.45) is 2.83. The highest BCUT2D eigenvalue weighted by molar-refractivity contribution is 5.77. The average Bonchev–Trinajstić information content (AvgIpc) is 3.05. The maximum absolute atomic E-state index is 12.6. The molecule has 51 heavy (non-hydrogen) atoms. The van der Waals surface area contributed by atoms with Gasteiger partial charge < -0.3 is 49.4 Å². The molecule has 1 aliphatic carbocycles. The van der Waals surface area contributed by atoms with Crippen LogP contribution < -0.4 is 10.6 Å². The molecule has 1 spiro atoms. The quantitative estimate of drug-likeness (QED) is 0.0827. The van der Waals surface area contributed by atoms with Crippen LogP contribution in [0.25, 0.3) is 0 Å². The topological polar surface area (TPSA) is 216 Å². The third kappa shape index (κ3) is 13.0. The van der Waals surface area contributed by atoms with Crippen LogP contribution in [0.2, 0.25) is 0 Å². The van der Waals surface area contributed by atoms with E-state index >= 15 is 0 Å². The summed E-state index contributed by atoms with van der Waals surface area (Å²) < 4.78 is 27.8. The third-order valence-corrected chi connectivity index (χ3v) is 9.99. The second-order valence-corrected chi connectivity index (χ2v) is 14.3. The zero-order valence-corrected chi connectivity index (χ0v) is 30.4. The molecule has 5 atom stereocenters. The zero-order chi connectivity index (χ0) is 37.6. The highest BCUT2D eigenvalue weighted by atomic mass is 16.7. The van der Waals surface area contributed by atoms with Gasteiger partial charge in [0.1, 0.15) is 18.8 Å². The number of rotatable bonds is 19. The molecule has 0 aromatic heterocycles. The van der Waals surface area contributed by atoms with Crippen LogP contribution in [0.5, 0.6) is 0 Å². The predicted octanol–water partition coefficient (Wildman–Crippen LogP) is 0.880. The molecule has 0 bridgehead atoms. The van der Waals surface area contributed by atoms with Crippen molar-refractivity contribution >= 4 is 35.6 Å². The standard InChI is InChI=1S/C35H57N3O13/c1-23(41)37-30-32(50-26(4)44)31(49-25(3)43)27(18-48-24(2)42)51-33(30)47-17-9-7-10-28(45)36-16-8-5-6-11-29(46)38-19-34(20-38)12-14-35(21-39,22-40)15-13-34/h27,30-33,39-40H,5-22H2,1-4H3,(H,36,45)(H,37,41). The molecule has 5 unspecified atom stereocenters. The van der Waals surface area contributed by atoms with Crippen molar-refractivity contribution in [3.8, 4) is 0 Å². The van der Waals surface area contributed by atoms with E-state index in [1.165, 1.54) is 20.8 Å². The van der Waals surface area contributed by atoms with Crippen molar-refractivity contribution in [3.63, 3.8) is 0 Å². The lowest BCUT2D eigenvalue weighted by Gasteiger charge is -2.55. The van der Waals surface area contributed by atoms with Gasteiger partial charge in [-0.15, -0.1) is 0 Å². The lowest BCUT2D eigenvalue weighted by Crippen LogP contribution is -2.66. The van der Waals surface area contributed by atoms with Crippen molar-refractivity contribution in [1.82, 2.24) is 15.5 Å². The molecule has 3 aliphatic rings. The molecule has 0 aromatic rings. The van der Waals surface area contributed by atoms with E-state index in [0.29, 0.717) is 25.8 Å². The van der Waals surface area contributed by atoms with Crippen LogP contribution in [-0.2, 0) is 52.5 Å². The van der Waals surface area contributed by atoms with Crippen molar-refractivity contribution < 1.29 is 62.7 Å². The third-order valence-electron chi connectivity index (χ3n) is 9.99. The number of likely N-dealkylation sites (tertiary alicyclic amines) is 1. The summed E-state index contributed by atoms with van der Waals surface area (Å²) in [5.41, 5.74) is -0.236. The smallest absolute Gasteiger partial charge is 0.303 e. The molecule has 0 aromatic carbocycles. The van der Waals surface area contributed by atoms with Crippen LogP contribution in [0, 0.1) is 10.8 Å². The number of nitrogens with zero attached hydrogens (tertiary/aromatic N) is 1. The van der Waals surface area contributed by atoms with Crippen molar-refractivity contribution in [2.45, 2.75) is 129 Å². The summed E-state index contributed by atoms with van der Waals surface area (Å²) in [5, 5.41) is 24.8. The number of unbranched alkanes of at least 4 members (excludes halogenated alkanes) is 3. The SMILES string of the molecule is CC(=O)NC1C(OCCCCC(=O)NCCCCCC(=O)N2CC3(CCC(CO)(CO)CC3)C2)OC(COC(C)=O)C(OC(C)=O)C1OC(C)=O. The van der Waals surface area contributed by atoms with Crippen LogP contribution in [-0.4, -0.2) is 127 Å². The van der Waals surface area contributed by atoms with Crippen LogP contribution >= 0.6 is 0 Å². The number of hydrogen-bond acceptors (Lipinski definition) is 13. The Morgan fingerprint density at radius 2 is 1.41 bits per heavy atom. The van der Waals surface area contributed by atoms with Gasteiger partial charge in [0.2, 0.25) is 17.7 Å². The van der Waals surface area contributed by atoms with E-state index in [-0.39, 0.29) is 55.5 Å². The second-order valence-electron chi connectivity index (χ2n) is 14.3. The molecule has 3 fully saturated rings. The van der Waals surface area contributed by atoms with Crippen LogP contribution in [0.3, 0.4) is 0 Å². The summed E-state index contributed by atoms with van der Waals surface area (Å²) in [6, 6.07) is -1.05. The van der Waals surface area contributed by atoms with Crippen molar-refractivity contribution in [1.29, 1.82) is 0 Å². The fraction of sp³-hybridized carbons (Fsp3) is 0.829. The average molecular weight is 728 g/mol. The normalized spacial score (nSPS) is 24.9. The minimum atomic E-state index is -1.20. The molecule has 2 saturated heterocycles. The summed E-state index contributed by atoms with van der Waals surface area (Å²) >= 11 is 0. The number of hydrogen-bond donors (Lipinski definition) is 4. The van der Waals surface area contributed by atoms with Gasteiger partial charge in [-0.25, -0.2) is 0 Å². The first kappa shape index (κ1) is 42.1. The first-order valence-electron chi connectivity index (χ1n) is 18.0. The molecule has 3 amide bonds. The Kier molecular flexibility index (Phi) is 16.5. The summed E-state index contributed by atoms with van der Waals surface area (Å²) in [4.78, 5) is 74.3. The molecule has 16 nitrogen and oxygen atoms in total. The number of ether oxygens (including phenoxy) is 5. The number of carbonyl (C=O) groups excluding carboxylic acids is 6. The van der Waals surface area contributed by atoms with Crippen molar-refractivity contribution in [2.24, 2.45) is 10.8 Å². The Morgan fingerprint density at radius 1 is 0.784 bits per heavy atom. The molecule has 3 rings (SSSR count). The van der Waals surface area contributed by atoms with Crippen LogP contribution in [0.1, 0.15) is 98.3 Å². The van der Waals surface area contributed by atoms with E-state index in [2.05, 4.69) is 10.6 Å². The van der Waals surface area contributed by atoms with Gasteiger partial charge in [-0.2, -0.15) is 0 Å². The Labute approximate surface area is 299 Å². The molecule has 2 aliphatic heterocycles. The molecule has 4 N–H and O–H groups in total. The van der Waals surface area contributed by atoms with E-state index in [1.54, 1.807) is 0 Å². The largest absolute Gasteiger partial charge is 0.463 e. The Morgan fingerprint density at radius 3 is 2.00 bits per heavy atom. The number of amides is 3. The van der Waals surface area contributed by atoms with Gasteiger partial charge in [0.05, 0.1) is 13.2 Å². The molecular formula is C35H57N3O13. The fourth-order valence-corrected chi connectivity index (χ4v) is 7.01. The first-order valence-corrected chi connectivity index (χ1v) is 18.0. The minimum absolute atomic E-state index is 0.00297. The lowest BCUT2D eigenvalue weighted by atomic mass is 9.61. The van der Waals surface area contributed by atoms with Gasteiger partial charge in [0, 0.05) is 77.6 Å². The first-order chi connectivity index (χ1) is 24.2. The van der Waals surface area contributed by atoms with E-state index in [1.807, 2.05) is 4.90 Å². The summed E-state index contributed by atoms with van der Waals surface area (Å²) in [6.45, 7) is 6.60. The highest BCUT2D eigenvalue weighted by Gasteiger charge is 2.52. The maximum atomic E-state index is 12.6. The van der Waals surface area contributed by atoms with Crippen molar-refractivity contribution in [2.75, 3.05) is 46.1 Å². The zero-order valence-electron chi connectivity index (χ0n) is 30.4. The van der Waals surface area contributed by atoms with E-state index in [0.717, 1.165) is 65.0 Å². The lowest BCUT2D eigenvalue weighted by molar-refractivity contribution is -0.277. The fourth-order valence-electron chi connectivity index (χ4n) is 7.01. The Hall–Kier alpha value is -3.34. The van der Waals surface area contributed by atoms with Gasteiger partial charge in [0.15, 0.2) is 18.5 Å². The molecule has 2 heterocycles. The van der Waals surface area contributed by atoms with Crippen LogP contribution in [0.15, 0.2) is 0 Å². The Balaban J connectivity index is 1.33. The summed E-state index contributed by atoms with van der Waals surface area (Å²) in [5.74, 6) is -2.43. The van der Waals surface area contributed by atoms with Crippen molar-refractivity contribution in [3.05, 3.63) is 0 Å². The monoisotopic (exact) mass is 727 g/mol. The van der Waals surface area contributed by atoms with E-state index < -0.39 is 54.5 Å². The summed E-state index contributed by atoms with van der Waals surface area (Å²) in [7, 11) is 0. The number of nitrogens with one attached hydrogen (secondary N) is 2.